The van der Waals surface area contributed by atoms with Crippen molar-refractivity contribution < 1.29 is 14.1 Å². The summed E-state index contributed by atoms with van der Waals surface area (Å²) in [6.45, 7) is 1.72. The van der Waals surface area contributed by atoms with E-state index in [9.17, 15) is 9.36 Å². The minimum Gasteiger partial charge on any atom is -0.468 e. The highest BCUT2D eigenvalue weighted by atomic mass is 31.2. The average Bonchev–Trinajstić information content (AvgIpc) is 2.99. The molecule has 0 unspecified atom stereocenters. The highest BCUT2D eigenvalue weighted by Gasteiger charge is 2.48. The first kappa shape index (κ1) is 17.9. The van der Waals surface area contributed by atoms with Crippen LogP contribution in [0.1, 0.15) is 42.2 Å². The summed E-state index contributed by atoms with van der Waals surface area (Å²) in [5.41, 5.74) is 1.94. The van der Waals surface area contributed by atoms with Crippen molar-refractivity contribution in [2.75, 3.05) is 7.11 Å². The minimum atomic E-state index is -2.91. The molecule has 1 N–H and O–H groups in total. The molecule has 1 aliphatic heterocycles. The molecule has 1 heterocycles. The van der Waals surface area contributed by atoms with Crippen LogP contribution in [-0.4, -0.2) is 19.1 Å². The van der Waals surface area contributed by atoms with Crippen LogP contribution in [0.5, 0.6) is 0 Å². The number of methoxy groups -OCH3 is 1. The maximum atomic E-state index is 14.2. The van der Waals surface area contributed by atoms with Crippen molar-refractivity contribution >= 4 is 13.3 Å². The standard InChI is InChI=1S/C20H24NO3P/c1-15(20(22)24-2)21-25(23)18(16-9-5-3-6-10-16)13-14-19(25)17-11-7-4-8-12-17/h3-12,15,18-19H,13-14H2,1-2H3,(H,21,23)/t15-,18-,19-/m0/s1. The van der Waals surface area contributed by atoms with Gasteiger partial charge in [-0.25, -0.2) is 0 Å². The summed E-state index contributed by atoms with van der Waals surface area (Å²) in [5, 5.41) is 3.18. The van der Waals surface area contributed by atoms with E-state index in [2.05, 4.69) is 5.09 Å². The van der Waals surface area contributed by atoms with Crippen LogP contribution in [0.25, 0.3) is 0 Å². The van der Waals surface area contributed by atoms with Crippen LogP contribution in [0.15, 0.2) is 60.7 Å². The Labute approximate surface area is 149 Å². The maximum Gasteiger partial charge on any atom is 0.322 e. The molecule has 3 atom stereocenters. The van der Waals surface area contributed by atoms with Gasteiger partial charge in [0.1, 0.15) is 6.04 Å². The fourth-order valence-electron chi connectivity index (χ4n) is 3.76. The third kappa shape index (κ3) is 3.56. The SMILES string of the molecule is COC(=O)[C@H](C)NP1(=O)[C@H](c2ccccc2)CC[C@H]1c1ccccc1. The van der Waals surface area contributed by atoms with Gasteiger partial charge in [-0.3, -0.25) is 9.88 Å². The number of carbonyl (C=O) groups excluding carboxylic acids is 1. The van der Waals surface area contributed by atoms with Gasteiger partial charge in [0, 0.05) is 0 Å². The molecule has 5 heteroatoms. The third-order valence-electron chi connectivity index (χ3n) is 4.96. The van der Waals surface area contributed by atoms with E-state index in [0.29, 0.717) is 0 Å². The third-order valence-corrected chi connectivity index (χ3v) is 8.71. The van der Waals surface area contributed by atoms with Crippen molar-refractivity contribution in [2.45, 2.75) is 37.1 Å². The molecule has 2 aromatic rings. The average molecular weight is 357 g/mol. The first-order chi connectivity index (χ1) is 12.1. The quantitative estimate of drug-likeness (QED) is 0.623. The second kappa shape index (κ2) is 7.55. The smallest absolute Gasteiger partial charge is 0.322 e. The van der Waals surface area contributed by atoms with Gasteiger partial charge in [-0.1, -0.05) is 60.7 Å². The van der Waals surface area contributed by atoms with Gasteiger partial charge < -0.3 is 9.30 Å². The topological polar surface area (TPSA) is 55.4 Å². The lowest BCUT2D eigenvalue weighted by atomic mass is 10.0. The van der Waals surface area contributed by atoms with Gasteiger partial charge in [0.25, 0.3) is 0 Å². The predicted octanol–water partition coefficient (Wildman–Crippen LogP) is 4.69. The van der Waals surface area contributed by atoms with E-state index >= 15 is 0 Å². The Morgan fingerprint density at radius 2 is 1.44 bits per heavy atom. The summed E-state index contributed by atoms with van der Waals surface area (Å²) in [7, 11) is -1.55. The molecular weight excluding hydrogens is 333 g/mol. The van der Waals surface area contributed by atoms with Crippen molar-refractivity contribution in [3.8, 4) is 0 Å². The molecule has 0 amide bonds. The molecule has 0 radical (unpaired) electrons. The first-order valence-corrected chi connectivity index (χ1v) is 10.5. The lowest BCUT2D eigenvalue weighted by Gasteiger charge is -2.29. The lowest BCUT2D eigenvalue weighted by molar-refractivity contribution is -0.142. The van der Waals surface area contributed by atoms with Crippen molar-refractivity contribution in [2.24, 2.45) is 0 Å². The summed E-state index contributed by atoms with van der Waals surface area (Å²) < 4.78 is 19.0. The Bertz CT molecular complexity index is 712. The highest BCUT2D eigenvalue weighted by Crippen LogP contribution is 2.74. The minimum absolute atomic E-state index is 0.0917. The van der Waals surface area contributed by atoms with Gasteiger partial charge in [0.15, 0.2) is 7.29 Å². The monoisotopic (exact) mass is 357 g/mol. The van der Waals surface area contributed by atoms with Gasteiger partial charge in [0.05, 0.1) is 18.4 Å². The first-order valence-electron chi connectivity index (χ1n) is 8.61. The second-order valence-corrected chi connectivity index (χ2v) is 9.44. The van der Waals surface area contributed by atoms with Crippen LogP contribution in [0.3, 0.4) is 0 Å². The van der Waals surface area contributed by atoms with Crippen molar-refractivity contribution in [1.29, 1.82) is 0 Å². The van der Waals surface area contributed by atoms with Crippen molar-refractivity contribution in [1.82, 2.24) is 5.09 Å². The fourth-order valence-corrected chi connectivity index (χ4v) is 7.56. The molecule has 4 nitrogen and oxygen atoms in total. The Morgan fingerprint density at radius 3 is 1.84 bits per heavy atom. The lowest BCUT2D eigenvalue weighted by Crippen LogP contribution is -2.34. The normalized spacial score (nSPS) is 23.1. The van der Waals surface area contributed by atoms with Crippen molar-refractivity contribution in [3.05, 3.63) is 71.8 Å². The molecule has 132 valence electrons. The van der Waals surface area contributed by atoms with E-state index in [1.165, 1.54) is 7.11 Å². The summed E-state index contributed by atoms with van der Waals surface area (Å²) in [4.78, 5) is 11.9. The second-order valence-electron chi connectivity index (χ2n) is 6.51. The molecule has 1 saturated heterocycles. The number of nitrogens with one attached hydrogen (secondary N) is 1. The molecule has 1 aliphatic rings. The molecule has 0 spiro atoms. The largest absolute Gasteiger partial charge is 0.468 e. The Kier molecular flexibility index (Phi) is 5.41. The molecule has 0 aliphatic carbocycles. The number of esters is 1. The molecule has 1 fully saturated rings. The van der Waals surface area contributed by atoms with E-state index in [1.807, 2.05) is 60.7 Å². The summed E-state index contributed by atoms with van der Waals surface area (Å²) in [5.74, 6) is -0.388. The van der Waals surface area contributed by atoms with Crippen LogP contribution >= 0.6 is 7.29 Å². The zero-order chi connectivity index (χ0) is 17.9. The van der Waals surface area contributed by atoms with E-state index in [1.54, 1.807) is 6.92 Å². The number of rotatable bonds is 5. The molecule has 0 saturated carbocycles. The molecule has 0 bridgehead atoms. The summed E-state index contributed by atoms with van der Waals surface area (Å²) >= 11 is 0. The molecule has 3 rings (SSSR count). The van der Waals surface area contributed by atoms with Gasteiger partial charge in [-0.15, -0.1) is 0 Å². The zero-order valence-electron chi connectivity index (χ0n) is 14.6. The van der Waals surface area contributed by atoms with Gasteiger partial charge in [-0.2, -0.15) is 0 Å². The summed E-state index contributed by atoms with van der Waals surface area (Å²) in [6, 6.07) is 19.3. The number of benzene rings is 2. The Morgan fingerprint density at radius 1 is 1.00 bits per heavy atom. The van der Waals surface area contributed by atoms with Crippen molar-refractivity contribution in [3.63, 3.8) is 0 Å². The molecule has 0 aromatic heterocycles. The van der Waals surface area contributed by atoms with Gasteiger partial charge in [0.2, 0.25) is 0 Å². The zero-order valence-corrected chi connectivity index (χ0v) is 15.5. The number of hydrogen-bond donors (Lipinski definition) is 1. The van der Waals surface area contributed by atoms with E-state index in [4.69, 9.17) is 4.74 Å². The van der Waals surface area contributed by atoms with Gasteiger partial charge in [-0.05, 0) is 30.9 Å². The maximum absolute atomic E-state index is 14.2. The number of ether oxygens (including phenoxy) is 1. The van der Waals surface area contributed by atoms with Crippen LogP contribution in [0.4, 0.5) is 0 Å². The van der Waals surface area contributed by atoms with Gasteiger partial charge >= 0.3 is 5.97 Å². The highest BCUT2D eigenvalue weighted by molar-refractivity contribution is 7.63. The van der Waals surface area contributed by atoms with Crippen LogP contribution in [-0.2, 0) is 14.1 Å². The number of hydrogen-bond acceptors (Lipinski definition) is 3. The molecule has 2 aromatic carbocycles. The van der Waals surface area contributed by atoms with E-state index in [-0.39, 0.29) is 17.3 Å². The molecule has 25 heavy (non-hydrogen) atoms. The Hall–Kier alpha value is -1.90. The van der Waals surface area contributed by atoms with E-state index < -0.39 is 13.3 Å². The number of carbonyl (C=O) groups is 1. The Balaban J connectivity index is 1.99. The van der Waals surface area contributed by atoms with Crippen LogP contribution < -0.4 is 5.09 Å². The predicted molar refractivity (Wildman–Crippen MR) is 99.8 cm³/mol. The summed E-state index contributed by atoms with van der Waals surface area (Å²) in [6.07, 6.45) is 1.67. The van der Waals surface area contributed by atoms with Crippen LogP contribution in [0, 0.1) is 0 Å². The van der Waals surface area contributed by atoms with Crippen LogP contribution in [0.2, 0.25) is 0 Å². The fraction of sp³-hybridized carbons (Fsp3) is 0.350. The molecular formula is C20H24NO3P. The van der Waals surface area contributed by atoms with E-state index in [0.717, 1.165) is 24.0 Å².